The minimum atomic E-state index is -4.47. The van der Waals surface area contributed by atoms with Crippen molar-refractivity contribution in [1.82, 2.24) is 9.97 Å². The number of aromatic nitrogens is 2. The molecule has 4 N–H and O–H groups in total. The molecule has 7 nitrogen and oxygen atoms in total. The van der Waals surface area contributed by atoms with Gasteiger partial charge in [0, 0.05) is 22.2 Å². The molecular formula is C22H16Cl2F2N4O3S. The van der Waals surface area contributed by atoms with Crippen molar-refractivity contribution in [3.05, 3.63) is 75.9 Å². The van der Waals surface area contributed by atoms with Crippen LogP contribution < -0.4 is 10.5 Å². The zero-order valence-electron chi connectivity index (χ0n) is 17.4. The number of halogens is 4. The van der Waals surface area contributed by atoms with E-state index < -0.39 is 43.9 Å². The zero-order chi connectivity index (χ0) is 24.8. The lowest BCUT2D eigenvalue weighted by atomic mass is 10.0. The average molecular weight is 525 g/mol. The number of anilines is 2. The summed E-state index contributed by atoms with van der Waals surface area (Å²) in [5, 5.41) is 10.1. The maximum absolute atomic E-state index is 15.4. The van der Waals surface area contributed by atoms with E-state index in [4.69, 9.17) is 28.9 Å². The SMILES string of the molecule is CC(O)c1cc(Cl)cc(S(=O)(=O)Nc2ccc(F)c(-c3ccc4nc(N)ncc4c3)c2F)c1Cl. The van der Waals surface area contributed by atoms with Gasteiger partial charge in [-0.1, -0.05) is 29.3 Å². The Morgan fingerprint density at radius 1 is 1.12 bits per heavy atom. The van der Waals surface area contributed by atoms with Gasteiger partial charge < -0.3 is 10.8 Å². The number of rotatable bonds is 5. The Hall–Kier alpha value is -3.05. The van der Waals surface area contributed by atoms with E-state index in [2.05, 4.69) is 14.7 Å². The van der Waals surface area contributed by atoms with Gasteiger partial charge >= 0.3 is 0 Å². The van der Waals surface area contributed by atoms with Crippen molar-refractivity contribution in [3.8, 4) is 11.1 Å². The van der Waals surface area contributed by atoms with E-state index >= 15 is 4.39 Å². The van der Waals surface area contributed by atoms with Crippen molar-refractivity contribution < 1.29 is 22.3 Å². The normalized spacial score (nSPS) is 12.6. The molecule has 0 aliphatic carbocycles. The second-order valence-electron chi connectivity index (χ2n) is 7.37. The van der Waals surface area contributed by atoms with E-state index in [-0.39, 0.29) is 27.1 Å². The lowest BCUT2D eigenvalue weighted by Gasteiger charge is -2.16. The van der Waals surface area contributed by atoms with Crippen LogP contribution in [-0.2, 0) is 10.0 Å². The van der Waals surface area contributed by atoms with Crippen LogP contribution in [0.25, 0.3) is 22.0 Å². The molecule has 0 amide bonds. The maximum Gasteiger partial charge on any atom is 0.263 e. The topological polar surface area (TPSA) is 118 Å². The molecule has 1 unspecified atom stereocenters. The monoisotopic (exact) mass is 524 g/mol. The number of fused-ring (bicyclic) bond motifs is 1. The van der Waals surface area contributed by atoms with Crippen LogP contribution in [0.4, 0.5) is 20.4 Å². The van der Waals surface area contributed by atoms with Crippen molar-refractivity contribution >= 4 is 55.8 Å². The third kappa shape index (κ3) is 4.49. The molecule has 12 heteroatoms. The van der Waals surface area contributed by atoms with Gasteiger partial charge in [0.25, 0.3) is 10.0 Å². The van der Waals surface area contributed by atoms with E-state index in [1.165, 1.54) is 37.4 Å². The van der Waals surface area contributed by atoms with E-state index in [0.717, 1.165) is 18.2 Å². The van der Waals surface area contributed by atoms with Gasteiger partial charge in [0.15, 0.2) is 5.82 Å². The highest BCUT2D eigenvalue weighted by atomic mass is 35.5. The summed E-state index contributed by atoms with van der Waals surface area (Å²) >= 11 is 12.2. The number of nitrogens with zero attached hydrogens (tertiary/aromatic N) is 2. The third-order valence-corrected chi connectivity index (χ3v) is 7.14. The Morgan fingerprint density at radius 2 is 1.85 bits per heavy atom. The molecule has 0 saturated heterocycles. The van der Waals surface area contributed by atoms with Crippen molar-refractivity contribution in [2.75, 3.05) is 10.5 Å². The summed E-state index contributed by atoms with van der Waals surface area (Å²) in [6.07, 6.45) is 0.297. The molecule has 0 aliphatic heterocycles. The lowest BCUT2D eigenvalue weighted by Crippen LogP contribution is -2.16. The fraction of sp³-hybridized carbons (Fsp3) is 0.0909. The van der Waals surface area contributed by atoms with Gasteiger partial charge in [-0.3, -0.25) is 4.72 Å². The van der Waals surface area contributed by atoms with E-state index in [1.807, 2.05) is 0 Å². The summed E-state index contributed by atoms with van der Waals surface area (Å²) in [7, 11) is -4.47. The van der Waals surface area contributed by atoms with Crippen molar-refractivity contribution in [2.24, 2.45) is 0 Å². The quantitative estimate of drug-likeness (QED) is 0.325. The summed E-state index contributed by atoms with van der Waals surface area (Å²) in [4.78, 5) is 7.43. The van der Waals surface area contributed by atoms with Crippen LogP contribution in [0.5, 0.6) is 0 Å². The average Bonchev–Trinajstić information content (AvgIpc) is 2.77. The Morgan fingerprint density at radius 3 is 2.56 bits per heavy atom. The van der Waals surface area contributed by atoms with Gasteiger partial charge in [0.2, 0.25) is 5.95 Å². The van der Waals surface area contributed by atoms with Gasteiger partial charge in [0.1, 0.15) is 10.7 Å². The molecule has 34 heavy (non-hydrogen) atoms. The Bertz CT molecular complexity index is 1550. The molecule has 1 heterocycles. The standard InChI is InChI=1S/C22H16Cl2F2N4O3S/c1-10(31)14-7-13(23)8-18(20(14)24)34(32,33)30-17-5-3-15(25)19(21(17)26)11-2-4-16-12(6-11)9-28-22(27)29-16/h2-10,30-31H,1H3,(H2,27,28,29). The molecule has 0 bridgehead atoms. The first-order chi connectivity index (χ1) is 16.0. The number of benzene rings is 3. The van der Waals surface area contributed by atoms with E-state index in [0.29, 0.717) is 10.9 Å². The predicted octanol–water partition coefficient (Wildman–Crippen LogP) is 5.32. The Kier molecular flexibility index (Phi) is 6.34. The van der Waals surface area contributed by atoms with Crippen LogP contribution in [0, 0.1) is 11.6 Å². The minimum absolute atomic E-state index is 0.0000357. The van der Waals surface area contributed by atoms with Crippen LogP contribution >= 0.6 is 23.2 Å². The molecule has 0 spiro atoms. The molecule has 4 rings (SSSR count). The Labute approximate surface area is 203 Å². The summed E-state index contributed by atoms with van der Waals surface area (Å²) in [5.74, 6) is -2.01. The predicted molar refractivity (Wildman–Crippen MR) is 127 cm³/mol. The molecule has 0 saturated carbocycles. The van der Waals surface area contributed by atoms with Crippen LogP contribution in [-0.4, -0.2) is 23.5 Å². The first-order valence-corrected chi connectivity index (χ1v) is 11.9. The lowest BCUT2D eigenvalue weighted by molar-refractivity contribution is 0.199. The molecule has 176 valence electrons. The summed E-state index contributed by atoms with van der Waals surface area (Å²) in [5.41, 5.74) is 5.26. The van der Waals surface area contributed by atoms with Crippen LogP contribution in [0.2, 0.25) is 10.0 Å². The number of nitrogens with two attached hydrogens (primary N) is 1. The molecule has 4 aromatic rings. The number of hydrogen-bond donors (Lipinski definition) is 3. The minimum Gasteiger partial charge on any atom is -0.389 e. The van der Waals surface area contributed by atoms with Crippen LogP contribution in [0.3, 0.4) is 0 Å². The summed E-state index contributed by atoms with van der Waals surface area (Å²) in [6.45, 7) is 1.39. The van der Waals surface area contributed by atoms with Gasteiger partial charge in [0.05, 0.1) is 27.9 Å². The maximum atomic E-state index is 15.4. The first kappa shape index (κ1) is 24.1. The molecule has 0 radical (unpaired) electrons. The molecule has 0 aliphatic rings. The van der Waals surface area contributed by atoms with Gasteiger partial charge in [-0.15, -0.1) is 0 Å². The summed E-state index contributed by atoms with van der Waals surface area (Å²) < 4.78 is 58.2. The fourth-order valence-corrected chi connectivity index (χ4v) is 5.44. The highest BCUT2D eigenvalue weighted by molar-refractivity contribution is 7.92. The largest absolute Gasteiger partial charge is 0.389 e. The number of aliphatic hydroxyl groups is 1. The number of aliphatic hydroxyl groups excluding tert-OH is 1. The molecular weight excluding hydrogens is 509 g/mol. The molecule has 0 fully saturated rings. The number of nitrogen functional groups attached to an aromatic ring is 1. The number of nitrogens with one attached hydrogen (secondary N) is 1. The molecule has 3 aromatic carbocycles. The zero-order valence-corrected chi connectivity index (χ0v) is 19.7. The smallest absolute Gasteiger partial charge is 0.263 e. The van der Waals surface area contributed by atoms with Crippen molar-refractivity contribution in [3.63, 3.8) is 0 Å². The molecule has 1 aromatic heterocycles. The van der Waals surface area contributed by atoms with Gasteiger partial charge in [-0.2, -0.15) is 0 Å². The fourth-order valence-electron chi connectivity index (χ4n) is 3.38. The van der Waals surface area contributed by atoms with Gasteiger partial charge in [-0.05, 0) is 48.9 Å². The summed E-state index contributed by atoms with van der Waals surface area (Å²) in [6, 6.07) is 8.67. The highest BCUT2D eigenvalue weighted by Gasteiger charge is 2.25. The van der Waals surface area contributed by atoms with E-state index in [9.17, 15) is 17.9 Å². The van der Waals surface area contributed by atoms with Crippen molar-refractivity contribution in [2.45, 2.75) is 17.9 Å². The van der Waals surface area contributed by atoms with Crippen LogP contribution in [0.15, 0.2) is 53.6 Å². The van der Waals surface area contributed by atoms with Crippen molar-refractivity contribution in [1.29, 1.82) is 0 Å². The molecule has 1 atom stereocenters. The number of sulfonamides is 1. The second-order valence-corrected chi connectivity index (χ2v) is 9.84. The second kappa shape index (κ2) is 8.95. The third-order valence-electron chi connectivity index (χ3n) is 4.99. The number of hydrogen-bond acceptors (Lipinski definition) is 6. The first-order valence-electron chi connectivity index (χ1n) is 9.68. The van der Waals surface area contributed by atoms with E-state index in [1.54, 1.807) is 0 Å². The highest BCUT2D eigenvalue weighted by Crippen LogP contribution is 2.36. The van der Waals surface area contributed by atoms with Gasteiger partial charge in [-0.25, -0.2) is 27.2 Å². The Balaban J connectivity index is 1.80. The van der Waals surface area contributed by atoms with Crippen LogP contribution in [0.1, 0.15) is 18.6 Å².